The molecule has 2 nitrogen and oxygen atoms in total. The summed E-state index contributed by atoms with van der Waals surface area (Å²) in [5, 5.41) is 1.90. The van der Waals surface area contributed by atoms with Crippen molar-refractivity contribution in [1.82, 2.24) is 0 Å². The fourth-order valence-corrected chi connectivity index (χ4v) is 2.39. The Hall–Kier alpha value is -2.35. The summed E-state index contributed by atoms with van der Waals surface area (Å²) in [6, 6.07) is 13.1. The van der Waals surface area contributed by atoms with Crippen LogP contribution in [0, 0.1) is 0 Å². The van der Waals surface area contributed by atoms with Gasteiger partial charge in [-0.05, 0) is 24.9 Å². The Kier molecular flexibility index (Phi) is 1.57. The van der Waals surface area contributed by atoms with Crippen molar-refractivity contribution in [3.63, 3.8) is 0 Å². The van der Waals surface area contributed by atoms with Gasteiger partial charge < -0.3 is 4.42 Å². The van der Waals surface area contributed by atoms with Crippen LogP contribution in [-0.4, -0.2) is 5.71 Å². The Morgan fingerprint density at radius 2 is 2.00 bits per heavy atom. The topological polar surface area (TPSA) is 25.5 Å². The first kappa shape index (κ1) is 7.29. The molecule has 0 aliphatic carbocycles. The van der Waals surface area contributed by atoms with Crippen LogP contribution in [0.4, 0.5) is 0 Å². The maximum absolute atomic E-state index is 8.21. The second kappa shape index (κ2) is 4.09. The number of aliphatic imine (C=N–C) groups is 1. The summed E-state index contributed by atoms with van der Waals surface area (Å²) in [7, 11) is 0. The van der Waals surface area contributed by atoms with Crippen LogP contribution >= 0.6 is 0 Å². The molecule has 19 heavy (non-hydrogen) atoms. The number of furan rings is 1. The lowest BCUT2D eigenvalue weighted by Crippen LogP contribution is -2.02. The zero-order valence-electron chi connectivity index (χ0n) is 14.1. The first-order valence-corrected chi connectivity index (χ1v) is 6.09. The number of rotatable bonds is 1. The molecular formula is C17H13NO. The normalized spacial score (nSPS) is 26.8. The third-order valence-corrected chi connectivity index (χ3v) is 3.25. The quantitative estimate of drug-likeness (QED) is 0.616. The fourth-order valence-electron chi connectivity index (χ4n) is 2.39. The minimum atomic E-state index is -1.10. The van der Waals surface area contributed by atoms with Gasteiger partial charge in [0.05, 0.1) is 8.45 Å². The number of para-hydroxylation sites is 2. The van der Waals surface area contributed by atoms with Crippen LogP contribution < -0.4 is 0 Å². The zero-order chi connectivity index (χ0) is 16.1. The number of hydrogen-bond acceptors (Lipinski definition) is 2. The van der Waals surface area contributed by atoms with E-state index in [9.17, 15) is 0 Å². The predicted octanol–water partition coefficient (Wildman–Crippen LogP) is 4.68. The first-order valence-electron chi connectivity index (χ1n) is 8.24. The molecule has 0 saturated heterocycles. The molecule has 0 N–H and O–H groups in total. The zero-order valence-corrected chi connectivity index (χ0v) is 10.1. The summed E-state index contributed by atoms with van der Waals surface area (Å²) in [5.74, 6) is 0. The molecular weight excluding hydrogens is 234 g/mol. The Balaban J connectivity index is 2.01. The molecule has 0 fully saturated rings. The van der Waals surface area contributed by atoms with E-state index in [1.165, 1.54) is 0 Å². The molecule has 0 saturated carbocycles. The maximum Gasteiger partial charge on any atom is 0.144 e. The monoisotopic (exact) mass is 251 g/mol. The van der Waals surface area contributed by atoms with Crippen LogP contribution in [0.1, 0.15) is 23.8 Å². The highest BCUT2D eigenvalue weighted by molar-refractivity contribution is 6.15. The number of nitrogens with zero attached hydrogens (tertiary/aromatic N) is 1. The smallest absolute Gasteiger partial charge is 0.144 e. The summed E-state index contributed by atoms with van der Waals surface area (Å²) >= 11 is 0. The molecule has 0 bridgehead atoms. The minimum absolute atomic E-state index is 0.217. The number of hydrogen-bond donors (Lipinski definition) is 0. The number of fused-ring (bicyclic) bond motifs is 3. The summed E-state index contributed by atoms with van der Waals surface area (Å²) in [4.78, 5) is 4.09. The third-order valence-electron chi connectivity index (χ3n) is 3.25. The largest absolute Gasteiger partial charge is 0.455 e. The molecule has 1 aliphatic rings. The molecule has 0 spiro atoms. The van der Waals surface area contributed by atoms with Crippen LogP contribution in [0.25, 0.3) is 21.9 Å². The summed E-state index contributed by atoms with van der Waals surface area (Å²) in [5.41, 5.74) is 2.29. The second-order valence-corrected chi connectivity index (χ2v) is 4.37. The van der Waals surface area contributed by atoms with Crippen molar-refractivity contribution in [2.24, 2.45) is 4.99 Å². The Labute approximate surface area is 116 Å². The van der Waals surface area contributed by atoms with Crippen molar-refractivity contribution in [2.75, 3.05) is 0 Å². The van der Waals surface area contributed by atoms with Gasteiger partial charge in [-0.15, -0.1) is 0 Å². The number of benzene rings is 2. The van der Waals surface area contributed by atoms with E-state index in [0.717, 1.165) is 16.4 Å². The van der Waals surface area contributed by atoms with E-state index >= 15 is 0 Å². The summed E-state index contributed by atoms with van der Waals surface area (Å²) in [6.07, 6.45) is -2.36. The van der Waals surface area contributed by atoms with Gasteiger partial charge in [-0.25, -0.2) is 0 Å². The number of allylic oxidation sites excluding steroid dienone is 1. The molecule has 92 valence electrons. The van der Waals surface area contributed by atoms with Gasteiger partial charge in [0, 0.05) is 25.3 Å². The second-order valence-electron chi connectivity index (χ2n) is 4.37. The molecule has 1 aromatic heterocycles. The van der Waals surface area contributed by atoms with E-state index in [2.05, 4.69) is 4.99 Å². The van der Waals surface area contributed by atoms with Crippen LogP contribution in [-0.2, 0) is 0 Å². The van der Waals surface area contributed by atoms with Gasteiger partial charge in [0.2, 0.25) is 0 Å². The van der Waals surface area contributed by atoms with Gasteiger partial charge >= 0.3 is 0 Å². The standard InChI is InChI=1S/C17H13NO/c1-2-10-16-12(6-1)13-7-5-8-14(17(13)19-16)15-9-3-4-11-18-15/h1-2,4-8,10-11H,3,9H2/i3D,4D,9D,11D. The van der Waals surface area contributed by atoms with Crippen molar-refractivity contribution < 1.29 is 9.90 Å². The molecule has 4 rings (SSSR count). The molecule has 0 radical (unpaired) electrons. The molecule has 2 heteroatoms. The Morgan fingerprint density at radius 3 is 3.00 bits per heavy atom. The fraction of sp³-hybridized carbons (Fsp3) is 0.118. The lowest BCUT2D eigenvalue weighted by atomic mass is 10.0. The molecule has 2 unspecified atom stereocenters. The van der Waals surface area contributed by atoms with Crippen molar-refractivity contribution in [2.45, 2.75) is 12.8 Å². The maximum atomic E-state index is 8.21. The van der Waals surface area contributed by atoms with Gasteiger partial charge in [0.25, 0.3) is 0 Å². The highest BCUT2D eigenvalue weighted by Gasteiger charge is 2.14. The van der Waals surface area contributed by atoms with Crippen molar-refractivity contribution in [1.29, 1.82) is 0 Å². The summed E-state index contributed by atoms with van der Waals surface area (Å²) < 4.78 is 37.5. The lowest BCUT2D eigenvalue weighted by Gasteiger charge is -2.07. The average molecular weight is 251 g/mol. The molecule has 2 heterocycles. The van der Waals surface area contributed by atoms with Crippen LogP contribution in [0.3, 0.4) is 0 Å². The first-order chi connectivity index (χ1) is 11.1. The van der Waals surface area contributed by atoms with E-state index in [-0.39, 0.29) is 12.2 Å². The highest BCUT2D eigenvalue weighted by atomic mass is 16.3. The average Bonchev–Trinajstić information content (AvgIpc) is 2.95. The Morgan fingerprint density at radius 1 is 1.11 bits per heavy atom. The molecule has 0 amide bonds. The molecule has 3 aromatic rings. The van der Waals surface area contributed by atoms with E-state index in [1.807, 2.05) is 36.4 Å². The SMILES string of the molecule is [2H]C1=C([2H])C([2H])C([2H])C(c2cccc3c2oc2ccccc23)=N1. The van der Waals surface area contributed by atoms with Gasteiger partial charge in [0.1, 0.15) is 11.2 Å². The van der Waals surface area contributed by atoms with Gasteiger partial charge in [-0.2, -0.15) is 0 Å². The van der Waals surface area contributed by atoms with E-state index in [1.54, 1.807) is 6.07 Å². The Bertz CT molecular complexity index is 989. The minimum Gasteiger partial charge on any atom is -0.455 e. The third kappa shape index (κ3) is 1.60. The molecule has 1 aliphatic heterocycles. The van der Waals surface area contributed by atoms with Crippen LogP contribution in [0.15, 0.2) is 64.1 Å². The molecule has 2 atom stereocenters. The predicted molar refractivity (Wildman–Crippen MR) is 78.6 cm³/mol. The van der Waals surface area contributed by atoms with E-state index in [0.29, 0.717) is 16.9 Å². The van der Waals surface area contributed by atoms with E-state index < -0.39 is 12.8 Å². The summed E-state index contributed by atoms with van der Waals surface area (Å²) in [6.45, 7) is 0. The lowest BCUT2D eigenvalue weighted by molar-refractivity contribution is 0.668. The van der Waals surface area contributed by atoms with Crippen molar-refractivity contribution >= 4 is 27.7 Å². The van der Waals surface area contributed by atoms with Crippen molar-refractivity contribution in [3.05, 3.63) is 60.3 Å². The van der Waals surface area contributed by atoms with Crippen molar-refractivity contribution in [3.8, 4) is 0 Å². The van der Waals surface area contributed by atoms with Gasteiger partial charge in [-0.1, -0.05) is 36.4 Å². The van der Waals surface area contributed by atoms with Gasteiger partial charge in [0.15, 0.2) is 0 Å². The van der Waals surface area contributed by atoms with Crippen LogP contribution in [0.5, 0.6) is 0 Å². The van der Waals surface area contributed by atoms with E-state index in [4.69, 9.17) is 9.90 Å². The highest BCUT2D eigenvalue weighted by Crippen LogP contribution is 2.31. The van der Waals surface area contributed by atoms with Crippen LogP contribution in [0.2, 0.25) is 0 Å². The molecule has 2 aromatic carbocycles. The van der Waals surface area contributed by atoms with Gasteiger partial charge in [-0.3, -0.25) is 4.99 Å².